The standard InChI is InChI=1S/C23H17B2N2/c1-25-20-13-9-17(10-14-20)22-15-21(16-7-11-19(24)12-8-16)26-23(27-22)18-5-3-2-4-6-18/h2-15H,1H3. The first-order valence-corrected chi connectivity index (χ1v) is 8.93. The molecule has 0 saturated carbocycles. The Labute approximate surface area is 162 Å². The van der Waals surface area contributed by atoms with Crippen LogP contribution in [0.4, 0.5) is 0 Å². The summed E-state index contributed by atoms with van der Waals surface area (Å²) < 4.78 is 0. The van der Waals surface area contributed by atoms with E-state index in [-0.39, 0.29) is 0 Å². The van der Waals surface area contributed by atoms with Crippen molar-refractivity contribution in [3.8, 4) is 33.9 Å². The lowest BCUT2D eigenvalue weighted by molar-refractivity contribution is 1.18. The molecule has 0 bridgehead atoms. The molecule has 125 valence electrons. The summed E-state index contributed by atoms with van der Waals surface area (Å²) in [6.07, 6.45) is 0. The van der Waals surface area contributed by atoms with E-state index in [0.717, 1.165) is 33.5 Å². The second-order valence-electron chi connectivity index (χ2n) is 6.36. The van der Waals surface area contributed by atoms with Crippen LogP contribution in [0.5, 0.6) is 0 Å². The van der Waals surface area contributed by atoms with Crippen molar-refractivity contribution in [1.82, 2.24) is 9.97 Å². The van der Waals surface area contributed by atoms with E-state index in [1.807, 2.05) is 67.5 Å². The second kappa shape index (κ2) is 7.63. The van der Waals surface area contributed by atoms with Gasteiger partial charge in [0.2, 0.25) is 0 Å². The van der Waals surface area contributed by atoms with Gasteiger partial charge in [0, 0.05) is 16.7 Å². The fourth-order valence-electron chi connectivity index (χ4n) is 2.96. The van der Waals surface area contributed by atoms with Gasteiger partial charge in [0.15, 0.2) is 5.82 Å². The normalized spacial score (nSPS) is 10.6. The monoisotopic (exact) mass is 343 g/mol. The number of benzene rings is 3. The number of hydrogen-bond donors (Lipinski definition) is 0. The van der Waals surface area contributed by atoms with Crippen LogP contribution in [-0.4, -0.2) is 25.1 Å². The second-order valence-corrected chi connectivity index (χ2v) is 6.36. The Bertz CT molecular complexity index is 1040. The molecule has 0 saturated heterocycles. The first-order chi connectivity index (χ1) is 13.2. The van der Waals surface area contributed by atoms with Gasteiger partial charge >= 0.3 is 0 Å². The summed E-state index contributed by atoms with van der Waals surface area (Å²) in [5.41, 5.74) is 6.79. The smallest absolute Gasteiger partial charge is 0.160 e. The van der Waals surface area contributed by atoms with Gasteiger partial charge in [0.05, 0.1) is 11.4 Å². The summed E-state index contributed by atoms with van der Waals surface area (Å²) in [6.45, 7) is 2.03. The average Bonchev–Trinajstić information content (AvgIpc) is 2.74. The van der Waals surface area contributed by atoms with Crippen molar-refractivity contribution < 1.29 is 0 Å². The average molecular weight is 343 g/mol. The first-order valence-electron chi connectivity index (χ1n) is 8.93. The van der Waals surface area contributed by atoms with E-state index >= 15 is 0 Å². The molecule has 1 aromatic heterocycles. The Morgan fingerprint density at radius 3 is 1.78 bits per heavy atom. The molecule has 0 fully saturated rings. The van der Waals surface area contributed by atoms with Crippen molar-refractivity contribution in [2.45, 2.75) is 6.82 Å². The lowest BCUT2D eigenvalue weighted by Gasteiger charge is -2.10. The molecule has 4 aromatic rings. The van der Waals surface area contributed by atoms with Gasteiger partial charge in [-0.15, -0.1) is 0 Å². The molecular formula is C23H17B2N2. The molecule has 0 N–H and O–H groups in total. The largest absolute Gasteiger partial charge is 0.228 e. The van der Waals surface area contributed by atoms with Crippen LogP contribution < -0.4 is 10.9 Å². The zero-order valence-electron chi connectivity index (χ0n) is 15.1. The third-order valence-electron chi connectivity index (χ3n) is 4.50. The van der Waals surface area contributed by atoms with Crippen LogP contribution >= 0.6 is 0 Å². The van der Waals surface area contributed by atoms with E-state index in [9.17, 15) is 0 Å². The maximum absolute atomic E-state index is 5.84. The lowest BCUT2D eigenvalue weighted by atomic mass is 9.73. The summed E-state index contributed by atoms with van der Waals surface area (Å²) in [6, 6.07) is 28.2. The molecule has 4 rings (SSSR count). The number of rotatable bonds is 4. The minimum atomic E-state index is 0.714. The molecule has 0 aliphatic heterocycles. The molecule has 27 heavy (non-hydrogen) atoms. The highest BCUT2D eigenvalue weighted by Gasteiger charge is 2.10. The molecule has 1 heterocycles. The minimum absolute atomic E-state index is 0.714. The number of nitrogens with zero attached hydrogens (tertiary/aromatic N) is 2. The van der Waals surface area contributed by atoms with Crippen LogP contribution in [0.3, 0.4) is 0 Å². The molecule has 0 unspecified atom stereocenters. The predicted octanol–water partition coefficient (Wildman–Crippen LogP) is 3.65. The topological polar surface area (TPSA) is 25.8 Å². The molecule has 0 atom stereocenters. The highest BCUT2D eigenvalue weighted by molar-refractivity contribution is 6.51. The summed E-state index contributed by atoms with van der Waals surface area (Å²) in [7, 11) is 7.92. The van der Waals surface area contributed by atoms with Crippen molar-refractivity contribution in [2.24, 2.45) is 0 Å². The van der Waals surface area contributed by atoms with E-state index in [4.69, 9.17) is 17.8 Å². The van der Waals surface area contributed by atoms with E-state index in [2.05, 4.69) is 31.5 Å². The van der Waals surface area contributed by atoms with Gasteiger partial charge in [-0.05, 0) is 6.07 Å². The zero-order chi connectivity index (χ0) is 18.6. The SMILES string of the molecule is [B]c1ccc(-c2cc(-c3ccc([B]C)cc3)nc(-c3ccccc3)n2)cc1. The Morgan fingerprint density at radius 2 is 1.22 bits per heavy atom. The van der Waals surface area contributed by atoms with Crippen molar-refractivity contribution in [2.75, 3.05) is 0 Å². The van der Waals surface area contributed by atoms with Crippen molar-refractivity contribution in [1.29, 1.82) is 0 Å². The molecule has 0 spiro atoms. The molecule has 0 amide bonds. The van der Waals surface area contributed by atoms with E-state index in [1.165, 1.54) is 5.46 Å². The Morgan fingerprint density at radius 1 is 0.667 bits per heavy atom. The van der Waals surface area contributed by atoms with Crippen LogP contribution in [0.15, 0.2) is 84.9 Å². The van der Waals surface area contributed by atoms with Gasteiger partial charge in [-0.25, -0.2) is 9.97 Å². The van der Waals surface area contributed by atoms with Crippen LogP contribution in [0.2, 0.25) is 6.82 Å². The molecule has 3 radical (unpaired) electrons. The van der Waals surface area contributed by atoms with Crippen molar-refractivity contribution >= 4 is 26.1 Å². The summed E-state index contributed by atoms with van der Waals surface area (Å²) in [4.78, 5) is 9.63. The fraction of sp³-hybridized carbons (Fsp3) is 0.0435. The maximum Gasteiger partial charge on any atom is 0.160 e. The summed E-state index contributed by atoms with van der Waals surface area (Å²) >= 11 is 0. The first kappa shape index (κ1) is 17.3. The minimum Gasteiger partial charge on any atom is -0.228 e. The molecule has 0 aliphatic rings. The van der Waals surface area contributed by atoms with Crippen molar-refractivity contribution in [3.05, 3.63) is 84.9 Å². The fourth-order valence-corrected chi connectivity index (χ4v) is 2.96. The van der Waals surface area contributed by atoms with E-state index < -0.39 is 0 Å². The molecule has 3 aromatic carbocycles. The summed E-state index contributed by atoms with van der Waals surface area (Å²) in [5, 5.41) is 0. The van der Waals surface area contributed by atoms with E-state index in [1.54, 1.807) is 0 Å². The van der Waals surface area contributed by atoms with Gasteiger partial charge in [-0.2, -0.15) is 0 Å². The van der Waals surface area contributed by atoms with Crippen LogP contribution in [0.25, 0.3) is 33.9 Å². The third kappa shape index (κ3) is 3.85. The summed E-state index contributed by atoms with van der Waals surface area (Å²) in [5.74, 6) is 0.714. The van der Waals surface area contributed by atoms with Crippen LogP contribution in [-0.2, 0) is 0 Å². The van der Waals surface area contributed by atoms with Crippen LogP contribution in [0.1, 0.15) is 0 Å². The molecular weight excluding hydrogens is 326 g/mol. The maximum atomic E-state index is 5.84. The third-order valence-corrected chi connectivity index (χ3v) is 4.50. The number of hydrogen-bond acceptors (Lipinski definition) is 2. The molecule has 2 nitrogen and oxygen atoms in total. The van der Waals surface area contributed by atoms with Crippen molar-refractivity contribution in [3.63, 3.8) is 0 Å². The van der Waals surface area contributed by atoms with Gasteiger partial charge in [-0.3, -0.25) is 0 Å². The highest BCUT2D eigenvalue weighted by Crippen LogP contribution is 2.26. The van der Waals surface area contributed by atoms with E-state index in [0.29, 0.717) is 5.82 Å². The Hall–Kier alpha value is -3.13. The Balaban J connectivity index is 1.87. The van der Waals surface area contributed by atoms with Crippen LogP contribution in [0, 0.1) is 0 Å². The highest BCUT2D eigenvalue weighted by atomic mass is 14.9. The van der Waals surface area contributed by atoms with Gasteiger partial charge in [0.1, 0.15) is 15.1 Å². The van der Waals surface area contributed by atoms with Gasteiger partial charge in [0.25, 0.3) is 0 Å². The lowest BCUT2D eigenvalue weighted by Crippen LogP contribution is -2.08. The quantitative estimate of drug-likeness (QED) is 0.529. The van der Waals surface area contributed by atoms with Gasteiger partial charge < -0.3 is 0 Å². The Kier molecular flexibility index (Phi) is 4.88. The molecule has 4 heteroatoms. The zero-order valence-corrected chi connectivity index (χ0v) is 15.1. The van der Waals surface area contributed by atoms with Gasteiger partial charge in [-0.1, -0.05) is 96.6 Å². The molecule has 0 aliphatic carbocycles. The predicted molar refractivity (Wildman–Crippen MR) is 115 cm³/mol. The number of aromatic nitrogens is 2.